The molecule has 7 heteroatoms. The summed E-state index contributed by atoms with van der Waals surface area (Å²) in [4.78, 5) is 14.5. The van der Waals surface area contributed by atoms with Crippen LogP contribution < -0.4 is 5.32 Å². The summed E-state index contributed by atoms with van der Waals surface area (Å²) in [7, 11) is 0. The van der Waals surface area contributed by atoms with Gasteiger partial charge in [-0.1, -0.05) is 34.8 Å². The Bertz CT molecular complexity index is 608. The molecule has 0 saturated heterocycles. The number of hydrogen-bond donors (Lipinski definition) is 3. The first-order valence-corrected chi connectivity index (χ1v) is 6.85. The van der Waals surface area contributed by atoms with Crippen LogP contribution in [0.5, 0.6) is 0 Å². The van der Waals surface area contributed by atoms with Gasteiger partial charge < -0.3 is 15.4 Å². The monoisotopic (exact) mass is 332 g/mol. The van der Waals surface area contributed by atoms with E-state index < -0.39 is 6.10 Å². The molecule has 1 amide bonds. The minimum absolute atomic E-state index is 0.0339. The Hall–Kier alpha value is -1.20. The molecule has 1 aromatic carbocycles. The van der Waals surface area contributed by atoms with Crippen molar-refractivity contribution >= 4 is 40.7 Å². The summed E-state index contributed by atoms with van der Waals surface area (Å²) in [6.07, 6.45) is 0.601. The van der Waals surface area contributed by atoms with Gasteiger partial charge in [-0.15, -0.1) is 0 Å². The SMILES string of the molecule is O=C(NCC(O)c1cc(Cl)cc(Cl)c1)c1cc(Cl)c[nH]1. The number of aromatic amines is 1. The molecule has 0 bridgehead atoms. The second kappa shape index (κ2) is 6.50. The van der Waals surface area contributed by atoms with E-state index in [9.17, 15) is 9.90 Å². The molecule has 0 saturated carbocycles. The van der Waals surface area contributed by atoms with Crippen LogP contribution in [-0.2, 0) is 0 Å². The molecule has 4 nitrogen and oxygen atoms in total. The van der Waals surface area contributed by atoms with Crippen molar-refractivity contribution in [1.29, 1.82) is 0 Å². The summed E-state index contributed by atoms with van der Waals surface area (Å²) in [6, 6.07) is 6.25. The van der Waals surface area contributed by atoms with Crippen molar-refractivity contribution < 1.29 is 9.90 Å². The first-order chi connectivity index (χ1) is 9.45. The fourth-order valence-electron chi connectivity index (χ4n) is 1.67. The summed E-state index contributed by atoms with van der Waals surface area (Å²) in [6.45, 7) is 0.0339. The number of hydrogen-bond acceptors (Lipinski definition) is 2. The van der Waals surface area contributed by atoms with Gasteiger partial charge in [-0.25, -0.2) is 0 Å². The Kier molecular flexibility index (Phi) is 4.94. The molecule has 2 aromatic rings. The number of aromatic nitrogens is 1. The van der Waals surface area contributed by atoms with E-state index in [-0.39, 0.29) is 12.5 Å². The van der Waals surface area contributed by atoms with E-state index in [4.69, 9.17) is 34.8 Å². The van der Waals surface area contributed by atoms with Crippen LogP contribution >= 0.6 is 34.8 Å². The number of aliphatic hydroxyl groups is 1. The minimum atomic E-state index is -0.902. The van der Waals surface area contributed by atoms with Gasteiger partial charge in [-0.3, -0.25) is 4.79 Å². The highest BCUT2D eigenvalue weighted by atomic mass is 35.5. The van der Waals surface area contributed by atoms with Crippen LogP contribution in [0.1, 0.15) is 22.2 Å². The third-order valence-corrected chi connectivity index (χ3v) is 3.27. The van der Waals surface area contributed by atoms with E-state index in [1.54, 1.807) is 18.2 Å². The fraction of sp³-hybridized carbons (Fsp3) is 0.154. The molecular formula is C13H11Cl3N2O2. The van der Waals surface area contributed by atoms with Gasteiger partial charge in [0.15, 0.2) is 0 Å². The van der Waals surface area contributed by atoms with Crippen LogP contribution in [0, 0.1) is 0 Å². The predicted octanol–water partition coefficient (Wildman–Crippen LogP) is 3.44. The standard InChI is InChI=1S/C13H11Cl3N2O2/c14-8-1-7(2-9(15)3-8)12(19)6-18-13(20)11-4-10(16)5-17-11/h1-5,12,17,19H,6H2,(H,18,20). The van der Waals surface area contributed by atoms with E-state index in [2.05, 4.69) is 10.3 Å². The molecular weight excluding hydrogens is 323 g/mol. The van der Waals surface area contributed by atoms with E-state index in [0.29, 0.717) is 26.3 Å². The first kappa shape index (κ1) is 15.2. The smallest absolute Gasteiger partial charge is 0.267 e. The zero-order valence-corrected chi connectivity index (χ0v) is 12.4. The maximum absolute atomic E-state index is 11.8. The van der Waals surface area contributed by atoms with E-state index in [1.807, 2.05) is 0 Å². The van der Waals surface area contributed by atoms with Crippen molar-refractivity contribution in [1.82, 2.24) is 10.3 Å². The van der Waals surface area contributed by atoms with Crippen LogP contribution in [0.15, 0.2) is 30.5 Å². The number of carbonyl (C=O) groups excluding carboxylic acids is 1. The summed E-state index contributed by atoms with van der Waals surface area (Å²) in [5.74, 6) is -0.357. The number of benzene rings is 1. The molecule has 0 radical (unpaired) electrons. The average Bonchev–Trinajstić information content (AvgIpc) is 2.81. The molecule has 20 heavy (non-hydrogen) atoms. The van der Waals surface area contributed by atoms with Crippen molar-refractivity contribution in [2.45, 2.75) is 6.10 Å². The summed E-state index contributed by atoms with van der Waals surface area (Å²) in [5, 5.41) is 13.9. The zero-order valence-electron chi connectivity index (χ0n) is 10.2. The van der Waals surface area contributed by atoms with Crippen molar-refractivity contribution in [2.24, 2.45) is 0 Å². The Balaban J connectivity index is 1.98. The minimum Gasteiger partial charge on any atom is -0.387 e. The lowest BCUT2D eigenvalue weighted by molar-refractivity contribution is 0.0912. The Labute approximate surface area is 130 Å². The van der Waals surface area contributed by atoms with Gasteiger partial charge in [-0.05, 0) is 29.8 Å². The quantitative estimate of drug-likeness (QED) is 0.802. The number of amides is 1. The van der Waals surface area contributed by atoms with Gasteiger partial charge in [0.05, 0.1) is 11.1 Å². The molecule has 2 rings (SSSR count). The number of nitrogens with one attached hydrogen (secondary N) is 2. The van der Waals surface area contributed by atoms with Crippen LogP contribution in [0.3, 0.4) is 0 Å². The third-order valence-electron chi connectivity index (χ3n) is 2.62. The number of rotatable bonds is 4. The largest absolute Gasteiger partial charge is 0.387 e. The molecule has 0 spiro atoms. The molecule has 1 atom stereocenters. The van der Waals surface area contributed by atoms with Crippen molar-refractivity contribution in [3.8, 4) is 0 Å². The molecule has 0 aliphatic heterocycles. The number of halogens is 3. The molecule has 0 aliphatic rings. The van der Waals surface area contributed by atoms with Gasteiger partial charge in [0.2, 0.25) is 0 Å². The van der Waals surface area contributed by atoms with E-state index >= 15 is 0 Å². The lowest BCUT2D eigenvalue weighted by Gasteiger charge is -2.12. The van der Waals surface area contributed by atoms with Gasteiger partial charge in [0.25, 0.3) is 5.91 Å². The van der Waals surface area contributed by atoms with E-state index in [1.165, 1.54) is 12.3 Å². The molecule has 106 valence electrons. The van der Waals surface area contributed by atoms with Crippen LogP contribution in [0.2, 0.25) is 15.1 Å². The topological polar surface area (TPSA) is 65.1 Å². The lowest BCUT2D eigenvalue weighted by atomic mass is 10.1. The first-order valence-electron chi connectivity index (χ1n) is 5.72. The fourth-order valence-corrected chi connectivity index (χ4v) is 2.38. The average molecular weight is 334 g/mol. The van der Waals surface area contributed by atoms with E-state index in [0.717, 1.165) is 0 Å². The molecule has 0 aliphatic carbocycles. The second-order valence-corrected chi connectivity index (χ2v) is 5.47. The second-order valence-electron chi connectivity index (χ2n) is 4.16. The molecule has 3 N–H and O–H groups in total. The van der Waals surface area contributed by atoms with Crippen molar-refractivity contribution in [3.05, 3.63) is 56.8 Å². The highest BCUT2D eigenvalue weighted by Gasteiger charge is 2.13. The maximum Gasteiger partial charge on any atom is 0.267 e. The van der Waals surface area contributed by atoms with Crippen LogP contribution in [0.4, 0.5) is 0 Å². The van der Waals surface area contributed by atoms with Crippen LogP contribution in [0.25, 0.3) is 0 Å². The Morgan fingerprint density at radius 1 is 1.15 bits per heavy atom. The molecule has 1 aromatic heterocycles. The highest BCUT2D eigenvalue weighted by Crippen LogP contribution is 2.23. The van der Waals surface area contributed by atoms with Gasteiger partial charge in [-0.2, -0.15) is 0 Å². The number of aliphatic hydroxyl groups excluding tert-OH is 1. The van der Waals surface area contributed by atoms with Crippen molar-refractivity contribution in [2.75, 3.05) is 6.54 Å². The molecule has 0 fully saturated rings. The summed E-state index contributed by atoms with van der Waals surface area (Å²) in [5.41, 5.74) is 0.860. The zero-order chi connectivity index (χ0) is 14.7. The molecule has 1 unspecified atom stereocenters. The Morgan fingerprint density at radius 2 is 1.80 bits per heavy atom. The predicted molar refractivity (Wildman–Crippen MR) is 79.6 cm³/mol. The lowest BCUT2D eigenvalue weighted by Crippen LogP contribution is -2.28. The number of carbonyl (C=O) groups is 1. The van der Waals surface area contributed by atoms with Crippen LogP contribution in [-0.4, -0.2) is 22.5 Å². The highest BCUT2D eigenvalue weighted by molar-refractivity contribution is 6.34. The Morgan fingerprint density at radius 3 is 2.35 bits per heavy atom. The van der Waals surface area contributed by atoms with Gasteiger partial charge >= 0.3 is 0 Å². The van der Waals surface area contributed by atoms with Gasteiger partial charge in [0, 0.05) is 22.8 Å². The molecule has 1 heterocycles. The van der Waals surface area contributed by atoms with Crippen molar-refractivity contribution in [3.63, 3.8) is 0 Å². The normalized spacial score (nSPS) is 12.2. The summed E-state index contributed by atoms with van der Waals surface area (Å²) < 4.78 is 0. The van der Waals surface area contributed by atoms with Gasteiger partial charge in [0.1, 0.15) is 5.69 Å². The number of H-pyrrole nitrogens is 1. The maximum atomic E-state index is 11.8. The third kappa shape index (κ3) is 3.90. The summed E-state index contributed by atoms with van der Waals surface area (Å²) >= 11 is 17.4.